The molecular weight excluding hydrogens is 380 g/mol. The zero-order valence-corrected chi connectivity index (χ0v) is 17.6. The number of rotatable bonds is 4. The largest absolute Gasteiger partial charge is 0.493 e. The van der Waals surface area contributed by atoms with E-state index >= 15 is 0 Å². The smallest absolute Gasteiger partial charge is 0.286 e. The van der Waals surface area contributed by atoms with E-state index in [1.54, 1.807) is 28.4 Å². The Morgan fingerprint density at radius 2 is 0.933 bits per heavy atom. The van der Waals surface area contributed by atoms with Crippen LogP contribution in [-0.4, -0.2) is 28.4 Å². The van der Waals surface area contributed by atoms with Crippen molar-refractivity contribution in [3.05, 3.63) is 48.8 Å². The molecule has 0 bridgehead atoms. The van der Waals surface area contributed by atoms with E-state index in [0.29, 0.717) is 0 Å². The lowest BCUT2D eigenvalue weighted by Crippen LogP contribution is -2.53. The van der Waals surface area contributed by atoms with E-state index in [0.717, 1.165) is 69.0 Å². The van der Waals surface area contributed by atoms with Crippen molar-refractivity contribution >= 4 is 21.5 Å². The fourth-order valence-corrected chi connectivity index (χ4v) is 4.39. The van der Waals surface area contributed by atoms with Gasteiger partial charge in [-0.1, -0.05) is 0 Å². The molecule has 30 heavy (non-hydrogen) atoms. The second kappa shape index (κ2) is 7.06. The normalized spacial score (nSPS) is 12.4. The monoisotopic (exact) mass is 404 g/mol. The van der Waals surface area contributed by atoms with E-state index in [-0.39, 0.29) is 0 Å². The molecule has 6 heteroatoms. The highest BCUT2D eigenvalue weighted by molar-refractivity contribution is 6.02. The Bertz CT molecular complexity index is 1200. The number of hydrogen-bond donors (Lipinski definition) is 0. The van der Waals surface area contributed by atoms with Gasteiger partial charge in [-0.3, -0.25) is 0 Å². The van der Waals surface area contributed by atoms with Crippen molar-refractivity contribution in [2.45, 2.75) is 13.1 Å². The highest BCUT2D eigenvalue weighted by Crippen LogP contribution is 2.39. The molecule has 0 N–H and O–H groups in total. The number of aromatic nitrogens is 2. The van der Waals surface area contributed by atoms with Crippen LogP contribution < -0.4 is 28.1 Å². The van der Waals surface area contributed by atoms with Crippen LogP contribution in [0.2, 0.25) is 0 Å². The summed E-state index contributed by atoms with van der Waals surface area (Å²) in [6.45, 7) is 1.80. The number of nitrogens with zero attached hydrogens (tertiary/aromatic N) is 2. The standard InChI is InChI=1S/C24H24N2O4/c1-27-19-11-15-5-7-25-9-10-26-8-6-16-12-20(28-2)22(30-4)14-18(16)24(26)23(25)17(15)13-21(19)29-3/h5-8,11-14H,9-10H2,1-4H3/q+2. The molecule has 1 aliphatic heterocycles. The number of aryl methyl sites for hydroxylation is 2. The third kappa shape index (κ3) is 2.64. The highest BCUT2D eigenvalue weighted by Gasteiger charge is 2.34. The minimum Gasteiger partial charge on any atom is -0.493 e. The van der Waals surface area contributed by atoms with Crippen molar-refractivity contribution in [1.82, 2.24) is 0 Å². The molecule has 6 nitrogen and oxygen atoms in total. The first-order valence-corrected chi connectivity index (χ1v) is 9.85. The molecule has 0 unspecified atom stereocenters. The average molecular weight is 404 g/mol. The van der Waals surface area contributed by atoms with E-state index in [1.807, 2.05) is 12.1 Å². The molecule has 0 fully saturated rings. The average Bonchev–Trinajstić information content (AvgIpc) is 2.81. The second-order valence-corrected chi connectivity index (χ2v) is 7.30. The lowest BCUT2D eigenvalue weighted by atomic mass is 9.99. The Kier molecular flexibility index (Phi) is 4.35. The molecule has 5 rings (SSSR count). The van der Waals surface area contributed by atoms with Gasteiger partial charge < -0.3 is 18.9 Å². The fraction of sp³-hybridized carbons (Fsp3) is 0.250. The molecule has 4 aromatic rings. The van der Waals surface area contributed by atoms with Crippen molar-refractivity contribution in [1.29, 1.82) is 0 Å². The predicted octanol–water partition coefficient (Wildman–Crippen LogP) is 3.28. The van der Waals surface area contributed by atoms with Crippen LogP contribution >= 0.6 is 0 Å². The van der Waals surface area contributed by atoms with Crippen molar-refractivity contribution in [3.8, 4) is 34.4 Å². The summed E-state index contributed by atoms with van der Waals surface area (Å²) < 4.78 is 26.8. The predicted molar refractivity (Wildman–Crippen MR) is 113 cm³/mol. The van der Waals surface area contributed by atoms with E-state index in [4.69, 9.17) is 18.9 Å². The van der Waals surface area contributed by atoms with Crippen LogP contribution in [0.4, 0.5) is 0 Å². The van der Waals surface area contributed by atoms with Crippen LogP contribution in [0.25, 0.3) is 32.9 Å². The van der Waals surface area contributed by atoms with E-state index in [9.17, 15) is 0 Å². The maximum Gasteiger partial charge on any atom is 0.286 e. The van der Waals surface area contributed by atoms with Crippen LogP contribution in [0.3, 0.4) is 0 Å². The van der Waals surface area contributed by atoms with Crippen LogP contribution in [0.15, 0.2) is 48.8 Å². The molecule has 0 saturated heterocycles. The quantitative estimate of drug-likeness (QED) is 0.490. The maximum atomic E-state index is 5.60. The lowest BCUT2D eigenvalue weighted by Gasteiger charge is -2.16. The molecule has 2 aromatic carbocycles. The van der Waals surface area contributed by atoms with Gasteiger partial charge in [0.1, 0.15) is 0 Å². The molecule has 0 radical (unpaired) electrons. The molecule has 152 valence electrons. The van der Waals surface area contributed by atoms with Gasteiger partial charge in [-0.15, -0.1) is 0 Å². The first-order valence-electron chi connectivity index (χ1n) is 9.85. The number of fused-ring (bicyclic) bond motifs is 7. The van der Waals surface area contributed by atoms with Gasteiger partial charge in [-0.25, -0.2) is 0 Å². The topological polar surface area (TPSA) is 44.7 Å². The number of ether oxygens (including phenoxy) is 4. The Hall–Kier alpha value is -3.54. The third-order valence-corrected chi connectivity index (χ3v) is 5.87. The molecule has 0 spiro atoms. The van der Waals surface area contributed by atoms with E-state index in [2.05, 4.69) is 45.8 Å². The Morgan fingerprint density at radius 1 is 0.567 bits per heavy atom. The summed E-state index contributed by atoms with van der Waals surface area (Å²) in [7, 11) is 6.66. The van der Waals surface area contributed by atoms with Crippen LogP contribution in [0.5, 0.6) is 23.0 Å². The van der Waals surface area contributed by atoms with Gasteiger partial charge in [0.2, 0.25) is 13.1 Å². The minimum absolute atomic E-state index is 0.718. The number of pyridine rings is 2. The zero-order chi connectivity index (χ0) is 20.8. The molecule has 0 aliphatic carbocycles. The Balaban J connectivity index is 1.90. The van der Waals surface area contributed by atoms with Crippen LogP contribution in [0.1, 0.15) is 0 Å². The fourth-order valence-electron chi connectivity index (χ4n) is 4.39. The second-order valence-electron chi connectivity index (χ2n) is 7.30. The van der Waals surface area contributed by atoms with Gasteiger partial charge in [0.25, 0.3) is 11.4 Å². The van der Waals surface area contributed by atoms with Crippen molar-refractivity contribution in [2.24, 2.45) is 0 Å². The summed E-state index contributed by atoms with van der Waals surface area (Å²) in [6.07, 6.45) is 4.29. The van der Waals surface area contributed by atoms with E-state index < -0.39 is 0 Å². The van der Waals surface area contributed by atoms with E-state index in [1.165, 1.54) is 0 Å². The SMILES string of the molecule is COc1cc2cc[n+]3c(c2cc1OC)-c1c2cc(OC)c(OC)cc2cc[n+]1CC3. The maximum absolute atomic E-state index is 5.60. The van der Waals surface area contributed by atoms with Crippen molar-refractivity contribution < 1.29 is 28.1 Å². The van der Waals surface area contributed by atoms with Crippen molar-refractivity contribution in [3.63, 3.8) is 0 Å². The summed E-state index contributed by atoms with van der Waals surface area (Å²) in [5.41, 5.74) is 2.30. The number of methoxy groups -OCH3 is 4. The summed E-state index contributed by atoms with van der Waals surface area (Å²) >= 11 is 0. The molecule has 0 saturated carbocycles. The van der Waals surface area contributed by atoms with Gasteiger partial charge in [0.15, 0.2) is 35.4 Å². The van der Waals surface area contributed by atoms with Gasteiger partial charge in [-0.05, 0) is 35.0 Å². The van der Waals surface area contributed by atoms with Gasteiger partial charge in [0, 0.05) is 12.1 Å². The number of hydrogen-bond acceptors (Lipinski definition) is 4. The van der Waals surface area contributed by atoms with Crippen LogP contribution in [-0.2, 0) is 13.1 Å². The Labute approximate surface area is 174 Å². The highest BCUT2D eigenvalue weighted by atomic mass is 16.5. The van der Waals surface area contributed by atoms with Gasteiger partial charge >= 0.3 is 0 Å². The summed E-state index contributed by atoms with van der Waals surface area (Å²) in [5.74, 6) is 2.89. The zero-order valence-electron chi connectivity index (χ0n) is 17.6. The summed E-state index contributed by atoms with van der Waals surface area (Å²) in [6, 6.07) is 12.5. The first kappa shape index (κ1) is 18.5. The third-order valence-electron chi connectivity index (χ3n) is 5.87. The molecular formula is C24H24N2O4+2. The molecule has 1 aliphatic rings. The number of benzene rings is 2. The Morgan fingerprint density at radius 3 is 1.30 bits per heavy atom. The molecule has 0 atom stereocenters. The first-order chi connectivity index (χ1) is 14.7. The summed E-state index contributed by atoms with van der Waals surface area (Å²) in [4.78, 5) is 0. The molecule has 2 aromatic heterocycles. The van der Waals surface area contributed by atoms with Crippen molar-refractivity contribution in [2.75, 3.05) is 28.4 Å². The van der Waals surface area contributed by atoms with Gasteiger partial charge in [-0.2, -0.15) is 9.13 Å². The molecule has 0 amide bonds. The van der Waals surface area contributed by atoms with Crippen LogP contribution in [0, 0.1) is 0 Å². The lowest BCUT2D eigenvalue weighted by molar-refractivity contribution is -0.793. The minimum atomic E-state index is 0.718. The van der Waals surface area contributed by atoms with Gasteiger partial charge in [0.05, 0.1) is 39.2 Å². The molecule has 3 heterocycles. The summed E-state index contributed by atoms with van der Waals surface area (Å²) in [5, 5.41) is 4.44.